The molecular weight excluding hydrogens is 392 g/mol. The topological polar surface area (TPSA) is 68.3 Å². The maximum Gasteiger partial charge on any atom is 0.226 e. The molecule has 0 saturated carbocycles. The van der Waals surface area contributed by atoms with E-state index < -0.39 is 9.84 Å². The van der Waals surface area contributed by atoms with Gasteiger partial charge in [0.2, 0.25) is 9.84 Å². The van der Waals surface area contributed by atoms with Gasteiger partial charge >= 0.3 is 0 Å². The molecule has 0 aliphatic heterocycles. The van der Waals surface area contributed by atoms with Gasteiger partial charge in [-0.2, -0.15) is 0 Å². The Labute approximate surface area is 161 Å². The smallest absolute Gasteiger partial charge is 0.226 e. The number of aromatic nitrogens is 1. The summed E-state index contributed by atoms with van der Waals surface area (Å²) in [6, 6.07) is 14.2. The maximum atomic E-state index is 12.8. The van der Waals surface area contributed by atoms with Crippen LogP contribution in [0.25, 0.3) is 0 Å². The van der Waals surface area contributed by atoms with E-state index in [1.54, 1.807) is 31.4 Å². The molecule has 0 saturated heterocycles. The average Bonchev–Trinajstić information content (AvgIpc) is 3.02. The number of nitrogens with zero attached hydrogens (tertiary/aromatic N) is 1. The van der Waals surface area contributed by atoms with Crippen LogP contribution in [-0.2, 0) is 16.4 Å². The van der Waals surface area contributed by atoms with Crippen LogP contribution in [0, 0.1) is 6.92 Å². The molecule has 2 aromatic carbocycles. The van der Waals surface area contributed by atoms with Crippen molar-refractivity contribution < 1.29 is 13.2 Å². The first-order chi connectivity index (χ1) is 12.4. The summed E-state index contributed by atoms with van der Waals surface area (Å²) in [5.74, 6) is 0.746. The molecule has 0 aliphatic rings. The predicted molar refractivity (Wildman–Crippen MR) is 104 cm³/mol. The summed E-state index contributed by atoms with van der Waals surface area (Å²) in [6.45, 7) is 2.34. The third kappa shape index (κ3) is 3.85. The van der Waals surface area contributed by atoms with E-state index in [4.69, 9.17) is 16.3 Å². The van der Waals surface area contributed by atoms with E-state index in [0.29, 0.717) is 11.7 Å². The van der Waals surface area contributed by atoms with Crippen molar-refractivity contribution in [1.29, 1.82) is 0 Å². The summed E-state index contributed by atoms with van der Waals surface area (Å²) < 4.78 is 31.0. The number of ether oxygens (including phenoxy) is 1. The van der Waals surface area contributed by atoms with Crippen LogP contribution in [0.4, 0.5) is 5.13 Å². The predicted octanol–water partition coefficient (Wildman–Crippen LogP) is 4.56. The zero-order valence-electron chi connectivity index (χ0n) is 14.2. The summed E-state index contributed by atoms with van der Waals surface area (Å²) in [7, 11) is -2.16. The number of rotatable bonds is 6. The van der Waals surface area contributed by atoms with Crippen LogP contribution >= 0.6 is 22.9 Å². The summed E-state index contributed by atoms with van der Waals surface area (Å²) in [5, 5.41) is 3.42. The summed E-state index contributed by atoms with van der Waals surface area (Å²) in [4.78, 5) is 4.37. The van der Waals surface area contributed by atoms with Gasteiger partial charge in [-0.25, -0.2) is 13.4 Å². The quantitative estimate of drug-likeness (QED) is 0.647. The summed E-state index contributed by atoms with van der Waals surface area (Å²) in [5.41, 5.74) is 1.91. The molecule has 136 valence electrons. The second kappa shape index (κ2) is 7.65. The van der Waals surface area contributed by atoms with Crippen molar-refractivity contribution in [2.75, 3.05) is 12.4 Å². The van der Waals surface area contributed by atoms with Crippen LogP contribution in [0.15, 0.2) is 58.5 Å². The first kappa shape index (κ1) is 18.7. The molecule has 0 radical (unpaired) electrons. The molecule has 1 heterocycles. The van der Waals surface area contributed by atoms with Gasteiger partial charge in [-0.15, -0.1) is 0 Å². The summed E-state index contributed by atoms with van der Waals surface area (Å²) >= 11 is 7.26. The zero-order valence-corrected chi connectivity index (χ0v) is 16.6. The molecule has 0 fully saturated rings. The molecule has 0 spiro atoms. The molecule has 1 aromatic heterocycles. The second-order valence-corrected chi connectivity index (χ2v) is 9.05. The van der Waals surface area contributed by atoms with Crippen molar-refractivity contribution in [1.82, 2.24) is 4.98 Å². The number of methoxy groups -OCH3 is 1. The first-order valence-electron chi connectivity index (χ1n) is 7.75. The molecule has 5 nitrogen and oxygen atoms in total. The van der Waals surface area contributed by atoms with Crippen molar-refractivity contribution in [2.45, 2.75) is 23.4 Å². The Morgan fingerprint density at radius 2 is 1.85 bits per heavy atom. The molecular formula is C18H17ClN2O3S2. The number of halogens is 1. The van der Waals surface area contributed by atoms with E-state index in [2.05, 4.69) is 10.3 Å². The van der Waals surface area contributed by atoms with Gasteiger partial charge in [-0.05, 0) is 25.1 Å². The lowest BCUT2D eigenvalue weighted by molar-refractivity contribution is 0.410. The standard InChI is InChI=1S/C18H17ClN2O3S2/c1-12-7-9-14(10-8-12)26(22,23)17-16(19)25-18(21-17)20-11-13-5-3-4-6-15(13)24-2/h3-10H,11H2,1-2H3,(H,20,21). The van der Waals surface area contributed by atoms with E-state index in [-0.39, 0.29) is 14.3 Å². The fraction of sp³-hybridized carbons (Fsp3) is 0.167. The Bertz CT molecular complexity index is 1020. The summed E-state index contributed by atoms with van der Waals surface area (Å²) in [6.07, 6.45) is 0. The van der Waals surface area contributed by atoms with Crippen LogP contribution in [0.1, 0.15) is 11.1 Å². The second-order valence-electron chi connectivity index (χ2n) is 5.58. The largest absolute Gasteiger partial charge is 0.496 e. The number of benzene rings is 2. The zero-order chi connectivity index (χ0) is 18.7. The van der Waals surface area contributed by atoms with Crippen molar-refractivity contribution >= 4 is 37.9 Å². The highest BCUT2D eigenvalue weighted by Crippen LogP contribution is 2.35. The number of para-hydroxylation sites is 1. The van der Waals surface area contributed by atoms with Crippen molar-refractivity contribution in [2.24, 2.45) is 0 Å². The Morgan fingerprint density at radius 1 is 1.15 bits per heavy atom. The highest BCUT2D eigenvalue weighted by molar-refractivity contribution is 7.91. The first-order valence-corrected chi connectivity index (χ1v) is 10.4. The number of thiazole rings is 1. The van der Waals surface area contributed by atoms with Gasteiger partial charge in [0.1, 0.15) is 10.1 Å². The molecule has 3 aromatic rings. The molecule has 26 heavy (non-hydrogen) atoms. The molecule has 0 aliphatic carbocycles. The number of nitrogens with one attached hydrogen (secondary N) is 1. The van der Waals surface area contributed by atoms with Crippen molar-refractivity contribution in [3.05, 3.63) is 64.0 Å². The highest BCUT2D eigenvalue weighted by atomic mass is 35.5. The maximum absolute atomic E-state index is 12.8. The Morgan fingerprint density at radius 3 is 2.54 bits per heavy atom. The molecule has 0 bridgehead atoms. The van der Waals surface area contributed by atoms with E-state index in [1.807, 2.05) is 31.2 Å². The number of hydrogen-bond acceptors (Lipinski definition) is 6. The van der Waals surface area contributed by atoms with Gasteiger partial charge in [-0.3, -0.25) is 0 Å². The fourth-order valence-electron chi connectivity index (χ4n) is 2.38. The van der Waals surface area contributed by atoms with Crippen LogP contribution in [0.3, 0.4) is 0 Å². The molecule has 0 amide bonds. The van der Waals surface area contributed by atoms with Crippen LogP contribution in [0.2, 0.25) is 4.34 Å². The van der Waals surface area contributed by atoms with Crippen LogP contribution in [0.5, 0.6) is 5.75 Å². The third-order valence-electron chi connectivity index (χ3n) is 3.77. The fourth-order valence-corrected chi connectivity index (χ4v) is 5.18. The lowest BCUT2D eigenvalue weighted by Crippen LogP contribution is -2.05. The molecule has 1 N–H and O–H groups in total. The van der Waals surface area contributed by atoms with Crippen LogP contribution in [-0.4, -0.2) is 20.5 Å². The van der Waals surface area contributed by atoms with Gasteiger partial charge in [-0.1, -0.05) is 58.8 Å². The van der Waals surface area contributed by atoms with E-state index in [9.17, 15) is 8.42 Å². The van der Waals surface area contributed by atoms with Gasteiger partial charge in [0.15, 0.2) is 10.2 Å². The Hall–Kier alpha value is -2.09. The van der Waals surface area contributed by atoms with Gasteiger partial charge in [0.25, 0.3) is 0 Å². The number of hydrogen-bond donors (Lipinski definition) is 1. The molecule has 8 heteroatoms. The minimum absolute atomic E-state index is 0.129. The normalized spacial score (nSPS) is 11.3. The monoisotopic (exact) mass is 408 g/mol. The number of anilines is 1. The SMILES string of the molecule is COc1ccccc1CNc1nc(S(=O)(=O)c2ccc(C)cc2)c(Cl)s1. The van der Waals surface area contributed by atoms with E-state index in [1.165, 1.54) is 0 Å². The van der Waals surface area contributed by atoms with Gasteiger partial charge in [0, 0.05) is 12.1 Å². The van der Waals surface area contributed by atoms with Crippen molar-refractivity contribution in [3.63, 3.8) is 0 Å². The number of aryl methyl sites for hydroxylation is 1. The number of sulfone groups is 1. The van der Waals surface area contributed by atoms with Crippen LogP contribution < -0.4 is 10.1 Å². The van der Waals surface area contributed by atoms with Gasteiger partial charge < -0.3 is 10.1 Å². The van der Waals surface area contributed by atoms with E-state index >= 15 is 0 Å². The third-order valence-corrected chi connectivity index (χ3v) is 6.92. The lowest BCUT2D eigenvalue weighted by Gasteiger charge is -2.08. The highest BCUT2D eigenvalue weighted by Gasteiger charge is 2.25. The van der Waals surface area contributed by atoms with Gasteiger partial charge in [0.05, 0.1) is 12.0 Å². The minimum atomic E-state index is -3.76. The Balaban J connectivity index is 1.84. The molecule has 3 rings (SSSR count). The Kier molecular flexibility index (Phi) is 5.50. The molecule has 0 unspecified atom stereocenters. The molecule has 0 atom stereocenters. The van der Waals surface area contributed by atoms with E-state index in [0.717, 1.165) is 28.2 Å². The lowest BCUT2D eigenvalue weighted by atomic mass is 10.2. The van der Waals surface area contributed by atoms with Crippen molar-refractivity contribution in [3.8, 4) is 5.75 Å². The average molecular weight is 409 g/mol. The minimum Gasteiger partial charge on any atom is -0.496 e.